The van der Waals surface area contributed by atoms with E-state index in [1.165, 1.54) is 0 Å². The minimum Gasteiger partial charge on any atom is -0.392 e. The van der Waals surface area contributed by atoms with Crippen LogP contribution < -0.4 is 0 Å². The van der Waals surface area contributed by atoms with E-state index in [0.717, 1.165) is 0 Å². The molecule has 4 bridgehead atoms. The van der Waals surface area contributed by atoms with E-state index in [-0.39, 0.29) is 5.57 Å². The highest BCUT2D eigenvalue weighted by molar-refractivity contribution is 6.05. The van der Waals surface area contributed by atoms with Crippen LogP contribution in [-0.2, 0) is 9.53 Å². The van der Waals surface area contributed by atoms with Crippen molar-refractivity contribution in [2.75, 3.05) is 0 Å². The lowest BCUT2D eigenvalue weighted by atomic mass is 9.35. The molecule has 0 aromatic rings. The van der Waals surface area contributed by atoms with E-state index in [4.69, 9.17) is 4.74 Å². The highest BCUT2D eigenvalue weighted by Gasteiger charge is 2.88. The van der Waals surface area contributed by atoms with Crippen LogP contribution in [-0.4, -0.2) is 61.7 Å². The van der Waals surface area contributed by atoms with Gasteiger partial charge in [-0.15, -0.1) is 0 Å². The molecule has 10 atom stereocenters. The summed E-state index contributed by atoms with van der Waals surface area (Å²) in [5.74, 6) is -4.83. The molecule has 0 unspecified atom stereocenters. The van der Waals surface area contributed by atoms with Gasteiger partial charge in [0.2, 0.25) is 5.79 Å². The van der Waals surface area contributed by atoms with E-state index in [0.29, 0.717) is 25.7 Å². The molecule has 5 N–H and O–H groups in total. The first-order valence-corrected chi connectivity index (χ1v) is 9.85. The van der Waals surface area contributed by atoms with Gasteiger partial charge in [-0.2, -0.15) is 0 Å². The van der Waals surface area contributed by atoms with Crippen LogP contribution in [0.3, 0.4) is 0 Å². The number of aliphatic hydroxyl groups excluding tert-OH is 4. The number of Topliss-reactive ketones (excluding diaryl/α,β-unsaturated/α-hetero) is 1. The van der Waals surface area contributed by atoms with Gasteiger partial charge in [0.1, 0.15) is 11.5 Å². The van der Waals surface area contributed by atoms with Gasteiger partial charge in [-0.3, -0.25) is 4.79 Å². The van der Waals surface area contributed by atoms with Crippen LogP contribution in [0.5, 0.6) is 0 Å². The maximum Gasteiger partial charge on any atom is 0.211 e. The minimum absolute atomic E-state index is 0.230. The zero-order chi connectivity index (χ0) is 19.7. The number of carbonyl (C=O) groups is 1. The van der Waals surface area contributed by atoms with Crippen molar-refractivity contribution < 1.29 is 35.1 Å². The molecule has 4 aliphatic carbocycles. The number of carbonyl (C=O) groups excluding carboxylic acids is 1. The Bertz CT molecular complexity index is 749. The highest BCUT2D eigenvalue weighted by atomic mass is 16.7. The van der Waals surface area contributed by atoms with Gasteiger partial charge in [0.05, 0.1) is 17.6 Å². The lowest BCUT2D eigenvalue weighted by molar-refractivity contribution is -0.507. The standard InChI is InChI=1S/C20H28O7/c1-8-9-4-5-10-18-11(21)6-7-17(2,3)12(18)15(24)20(26,27-16(18)25)19(10,13(8)22)14(9)23/h9-12,14-16,21,23-26H,1,4-7H2,2-3H3/t9-,10-,11-,12+,14+,15-,16-,18-,19-,20+/m0/s1. The number of ether oxygens (including phenoxy) is 1. The molecule has 7 heteroatoms. The van der Waals surface area contributed by atoms with E-state index in [1.807, 2.05) is 13.8 Å². The van der Waals surface area contributed by atoms with Gasteiger partial charge < -0.3 is 30.3 Å². The Hall–Kier alpha value is -0.830. The largest absolute Gasteiger partial charge is 0.392 e. The first kappa shape index (κ1) is 18.2. The predicted octanol–water partition coefficient (Wildman–Crippen LogP) is -0.306. The topological polar surface area (TPSA) is 127 Å². The second-order valence-electron chi connectivity index (χ2n) is 10.0. The smallest absolute Gasteiger partial charge is 0.211 e. The van der Waals surface area contributed by atoms with E-state index < -0.39 is 70.2 Å². The maximum absolute atomic E-state index is 13.4. The monoisotopic (exact) mass is 380 g/mol. The van der Waals surface area contributed by atoms with Gasteiger partial charge in [-0.25, -0.2) is 0 Å². The van der Waals surface area contributed by atoms with Crippen LogP contribution >= 0.6 is 0 Å². The molecule has 27 heavy (non-hydrogen) atoms. The van der Waals surface area contributed by atoms with Crippen LogP contribution in [0.2, 0.25) is 0 Å². The molecule has 0 amide bonds. The molecule has 2 saturated heterocycles. The normalized spacial score (nSPS) is 60.9. The summed E-state index contributed by atoms with van der Waals surface area (Å²) in [5, 5.41) is 56.2. The summed E-state index contributed by atoms with van der Waals surface area (Å²) in [6.45, 7) is 7.72. The quantitative estimate of drug-likeness (QED) is 0.365. The molecule has 2 spiro atoms. The third kappa shape index (κ3) is 1.52. The molecular weight excluding hydrogens is 352 g/mol. The fourth-order valence-electron chi connectivity index (χ4n) is 7.96. The van der Waals surface area contributed by atoms with E-state index in [2.05, 4.69) is 6.58 Å². The van der Waals surface area contributed by atoms with Crippen molar-refractivity contribution in [3.05, 3.63) is 12.2 Å². The number of rotatable bonds is 0. The number of aliphatic hydroxyl groups is 5. The molecule has 0 aromatic carbocycles. The first-order chi connectivity index (χ1) is 12.5. The summed E-state index contributed by atoms with van der Waals surface area (Å²) in [6, 6.07) is 0. The molecule has 0 aromatic heterocycles. The fraction of sp³-hybridized carbons (Fsp3) is 0.850. The van der Waals surface area contributed by atoms with Crippen LogP contribution in [0.15, 0.2) is 12.2 Å². The van der Waals surface area contributed by atoms with E-state index in [1.54, 1.807) is 0 Å². The van der Waals surface area contributed by atoms with Crippen molar-refractivity contribution >= 4 is 5.78 Å². The van der Waals surface area contributed by atoms with Crippen molar-refractivity contribution in [2.45, 2.75) is 69.9 Å². The Morgan fingerprint density at radius 3 is 2.41 bits per heavy atom. The average molecular weight is 380 g/mol. The van der Waals surface area contributed by atoms with Gasteiger partial charge in [0, 0.05) is 11.8 Å². The maximum atomic E-state index is 13.4. The van der Waals surface area contributed by atoms with Crippen molar-refractivity contribution in [3.63, 3.8) is 0 Å². The summed E-state index contributed by atoms with van der Waals surface area (Å²) < 4.78 is 5.57. The lowest BCUT2D eigenvalue weighted by Gasteiger charge is -2.75. The molecule has 6 aliphatic rings. The molecule has 2 heterocycles. The van der Waals surface area contributed by atoms with Crippen LogP contribution in [0, 0.1) is 34.0 Å². The second-order valence-corrected chi connectivity index (χ2v) is 10.0. The van der Waals surface area contributed by atoms with Gasteiger partial charge in [0.15, 0.2) is 12.1 Å². The van der Waals surface area contributed by atoms with Crippen molar-refractivity contribution in [2.24, 2.45) is 34.0 Å². The third-order valence-corrected chi connectivity index (χ3v) is 8.93. The molecule has 4 saturated carbocycles. The zero-order valence-corrected chi connectivity index (χ0v) is 15.6. The molecule has 6 fully saturated rings. The Balaban J connectivity index is 1.84. The number of fused-ring (bicyclic) bond motifs is 2. The molecular formula is C20H28O7. The summed E-state index contributed by atoms with van der Waals surface area (Å²) in [6.07, 6.45) is -3.43. The molecule has 150 valence electrons. The number of ketones is 1. The Morgan fingerprint density at radius 2 is 1.74 bits per heavy atom. The summed E-state index contributed by atoms with van der Waals surface area (Å²) in [5.41, 5.74) is -3.41. The highest BCUT2D eigenvalue weighted by Crippen LogP contribution is 2.77. The first-order valence-electron chi connectivity index (χ1n) is 9.85. The van der Waals surface area contributed by atoms with Crippen molar-refractivity contribution in [3.8, 4) is 0 Å². The Labute approximate surface area is 157 Å². The van der Waals surface area contributed by atoms with Crippen LogP contribution in [0.4, 0.5) is 0 Å². The Morgan fingerprint density at radius 1 is 1.07 bits per heavy atom. The summed E-state index contributed by atoms with van der Waals surface area (Å²) in [7, 11) is 0. The van der Waals surface area contributed by atoms with E-state index in [9.17, 15) is 30.3 Å². The lowest BCUT2D eigenvalue weighted by Crippen LogP contribution is -2.87. The fourth-order valence-corrected chi connectivity index (χ4v) is 7.96. The van der Waals surface area contributed by atoms with E-state index >= 15 is 0 Å². The van der Waals surface area contributed by atoms with Crippen LogP contribution in [0.25, 0.3) is 0 Å². The molecule has 6 rings (SSSR count). The molecule has 7 nitrogen and oxygen atoms in total. The summed E-state index contributed by atoms with van der Waals surface area (Å²) in [4.78, 5) is 13.4. The molecule has 0 radical (unpaired) electrons. The zero-order valence-electron chi connectivity index (χ0n) is 15.6. The van der Waals surface area contributed by atoms with Crippen LogP contribution in [0.1, 0.15) is 39.5 Å². The van der Waals surface area contributed by atoms with Gasteiger partial charge >= 0.3 is 0 Å². The molecule has 2 aliphatic heterocycles. The van der Waals surface area contributed by atoms with Crippen molar-refractivity contribution in [1.82, 2.24) is 0 Å². The summed E-state index contributed by atoms with van der Waals surface area (Å²) >= 11 is 0. The Kier molecular flexibility index (Phi) is 3.26. The van der Waals surface area contributed by atoms with Crippen molar-refractivity contribution in [1.29, 1.82) is 0 Å². The average Bonchev–Trinajstić information content (AvgIpc) is 2.70. The predicted molar refractivity (Wildman–Crippen MR) is 91.8 cm³/mol. The second kappa shape index (κ2) is 4.83. The van der Waals surface area contributed by atoms with Gasteiger partial charge in [-0.05, 0) is 42.6 Å². The number of hydrogen-bond acceptors (Lipinski definition) is 7. The minimum atomic E-state index is -2.42. The van der Waals surface area contributed by atoms with Gasteiger partial charge in [-0.1, -0.05) is 20.4 Å². The number of hydrogen-bond donors (Lipinski definition) is 5. The SMILES string of the molecule is C=C1C(=O)[C@]23[C@H](O)[C@H]1CC[C@H]2[C@]12[C@H]([C@H](O)[C@@]3(O)O[C@@H]1O)C(C)(C)CC[C@@H]2O. The van der Waals surface area contributed by atoms with Gasteiger partial charge in [0.25, 0.3) is 0 Å². The third-order valence-electron chi connectivity index (χ3n) is 8.93.